The van der Waals surface area contributed by atoms with Crippen molar-refractivity contribution in [3.8, 4) is 17.1 Å². The van der Waals surface area contributed by atoms with Gasteiger partial charge < -0.3 is 4.74 Å². The molecule has 7 nitrogen and oxygen atoms in total. The first-order valence-corrected chi connectivity index (χ1v) is 12.0. The zero-order valence-electron chi connectivity index (χ0n) is 18.2. The third kappa shape index (κ3) is 4.36. The molecular weight excluding hydrogens is 412 g/mol. The number of methoxy groups -OCH3 is 1. The minimum atomic E-state index is -3.63. The van der Waals surface area contributed by atoms with Crippen molar-refractivity contribution in [2.75, 3.05) is 13.7 Å². The Morgan fingerprint density at radius 2 is 1.87 bits per heavy atom. The van der Waals surface area contributed by atoms with Crippen molar-refractivity contribution in [1.29, 1.82) is 0 Å². The largest absolute Gasteiger partial charge is 0.496 e. The smallest absolute Gasteiger partial charge is 0.240 e. The number of benzene rings is 1. The van der Waals surface area contributed by atoms with E-state index < -0.39 is 10.0 Å². The molecule has 2 aromatic heterocycles. The molecule has 0 atom stereocenters. The van der Waals surface area contributed by atoms with Crippen LogP contribution in [0.1, 0.15) is 35.2 Å². The van der Waals surface area contributed by atoms with Crippen molar-refractivity contribution in [2.45, 2.75) is 51.0 Å². The second-order valence-corrected chi connectivity index (χ2v) is 9.67. The molecule has 0 amide bonds. The van der Waals surface area contributed by atoms with Gasteiger partial charge in [0.1, 0.15) is 11.4 Å². The fourth-order valence-corrected chi connectivity index (χ4v) is 5.51. The van der Waals surface area contributed by atoms with E-state index in [1.807, 2.05) is 36.7 Å². The third-order valence-corrected chi connectivity index (χ3v) is 7.17. The van der Waals surface area contributed by atoms with Crippen LogP contribution in [0.25, 0.3) is 11.4 Å². The van der Waals surface area contributed by atoms with Gasteiger partial charge in [-0.05, 0) is 74.9 Å². The Labute approximate surface area is 183 Å². The summed E-state index contributed by atoms with van der Waals surface area (Å²) in [4.78, 5) is 4.71. The number of fused-ring (bicyclic) bond motifs is 1. The van der Waals surface area contributed by atoms with Crippen molar-refractivity contribution >= 4 is 10.0 Å². The summed E-state index contributed by atoms with van der Waals surface area (Å²) in [5.74, 6) is 0.712. The first-order valence-electron chi connectivity index (χ1n) is 10.6. The van der Waals surface area contributed by atoms with Crippen LogP contribution >= 0.6 is 0 Å². The number of aryl methyl sites for hydroxylation is 2. The molecule has 0 fully saturated rings. The summed E-state index contributed by atoms with van der Waals surface area (Å²) < 4.78 is 35.7. The molecule has 4 rings (SSSR count). The van der Waals surface area contributed by atoms with Gasteiger partial charge >= 0.3 is 0 Å². The number of rotatable bonds is 7. The van der Waals surface area contributed by atoms with Crippen molar-refractivity contribution in [3.63, 3.8) is 0 Å². The SMILES string of the molecule is COc1c(C)cc(S(=O)(=O)NCCn2nc(-c3ccccn3)c3c2CCCC3)cc1C. The average molecular weight is 441 g/mol. The highest BCUT2D eigenvalue weighted by Gasteiger charge is 2.23. The highest BCUT2D eigenvalue weighted by Crippen LogP contribution is 2.30. The van der Waals surface area contributed by atoms with Gasteiger partial charge in [0.15, 0.2) is 0 Å². The predicted octanol–water partition coefficient (Wildman–Crippen LogP) is 3.43. The topological polar surface area (TPSA) is 86.1 Å². The van der Waals surface area contributed by atoms with E-state index in [0.717, 1.165) is 48.2 Å². The molecule has 31 heavy (non-hydrogen) atoms. The van der Waals surface area contributed by atoms with Crippen LogP contribution in [0, 0.1) is 13.8 Å². The van der Waals surface area contributed by atoms with Crippen LogP contribution in [0.5, 0.6) is 5.75 Å². The van der Waals surface area contributed by atoms with E-state index in [2.05, 4.69) is 9.71 Å². The molecule has 0 bridgehead atoms. The number of hydrogen-bond donors (Lipinski definition) is 1. The zero-order valence-corrected chi connectivity index (χ0v) is 19.0. The lowest BCUT2D eigenvalue weighted by atomic mass is 9.95. The minimum absolute atomic E-state index is 0.250. The Hall–Kier alpha value is -2.71. The number of pyridine rings is 1. The molecule has 0 saturated heterocycles. The van der Waals surface area contributed by atoms with Gasteiger partial charge in [-0.3, -0.25) is 9.67 Å². The monoisotopic (exact) mass is 440 g/mol. The van der Waals surface area contributed by atoms with Crippen molar-refractivity contribution in [3.05, 3.63) is 58.9 Å². The van der Waals surface area contributed by atoms with Crippen LogP contribution in [-0.4, -0.2) is 36.8 Å². The molecular formula is C23H28N4O3S. The Morgan fingerprint density at radius 1 is 1.13 bits per heavy atom. The van der Waals surface area contributed by atoms with E-state index >= 15 is 0 Å². The normalized spacial score (nSPS) is 13.8. The molecule has 0 spiro atoms. The second kappa shape index (κ2) is 8.80. The average Bonchev–Trinajstić information content (AvgIpc) is 3.13. The van der Waals surface area contributed by atoms with Crippen LogP contribution in [0.2, 0.25) is 0 Å². The molecule has 1 N–H and O–H groups in total. The fourth-order valence-electron chi connectivity index (χ4n) is 4.32. The molecule has 1 aliphatic rings. The summed E-state index contributed by atoms with van der Waals surface area (Å²) >= 11 is 0. The summed E-state index contributed by atoms with van der Waals surface area (Å²) in [6.45, 7) is 4.44. The van der Waals surface area contributed by atoms with Gasteiger partial charge in [0.05, 0.1) is 24.2 Å². The number of nitrogens with one attached hydrogen (secondary N) is 1. The van der Waals surface area contributed by atoms with Crippen LogP contribution < -0.4 is 9.46 Å². The second-order valence-electron chi connectivity index (χ2n) is 7.91. The Kier molecular flexibility index (Phi) is 6.11. The number of nitrogens with zero attached hydrogens (tertiary/aromatic N) is 3. The molecule has 1 aliphatic carbocycles. The maximum absolute atomic E-state index is 12.9. The first-order chi connectivity index (χ1) is 14.9. The maximum atomic E-state index is 12.9. The van der Waals surface area contributed by atoms with Crippen LogP contribution in [-0.2, 0) is 29.4 Å². The van der Waals surface area contributed by atoms with Gasteiger partial charge in [-0.15, -0.1) is 0 Å². The molecule has 8 heteroatoms. The van der Waals surface area contributed by atoms with Crippen LogP contribution in [0.3, 0.4) is 0 Å². The van der Waals surface area contributed by atoms with Gasteiger partial charge in [-0.2, -0.15) is 5.10 Å². The lowest BCUT2D eigenvalue weighted by Crippen LogP contribution is -2.28. The highest BCUT2D eigenvalue weighted by atomic mass is 32.2. The minimum Gasteiger partial charge on any atom is -0.496 e. The van der Waals surface area contributed by atoms with Crippen molar-refractivity contribution in [1.82, 2.24) is 19.5 Å². The van der Waals surface area contributed by atoms with Crippen molar-refractivity contribution < 1.29 is 13.2 Å². The molecule has 0 radical (unpaired) electrons. The van der Waals surface area contributed by atoms with Gasteiger partial charge in [0, 0.05) is 24.0 Å². The number of hydrogen-bond acceptors (Lipinski definition) is 5. The van der Waals surface area contributed by atoms with Crippen LogP contribution in [0.4, 0.5) is 0 Å². The Bertz CT molecular complexity index is 1160. The summed E-state index contributed by atoms with van der Waals surface area (Å²) in [5.41, 5.74) is 5.81. The summed E-state index contributed by atoms with van der Waals surface area (Å²) in [5, 5.41) is 4.81. The van der Waals surface area contributed by atoms with Gasteiger partial charge in [0.2, 0.25) is 10.0 Å². The first kappa shape index (κ1) is 21.5. The Morgan fingerprint density at radius 3 is 2.55 bits per heavy atom. The third-order valence-electron chi connectivity index (χ3n) is 5.73. The molecule has 2 heterocycles. The quantitative estimate of drug-likeness (QED) is 0.608. The van der Waals surface area contributed by atoms with Crippen molar-refractivity contribution in [2.24, 2.45) is 0 Å². The zero-order chi connectivity index (χ0) is 22.0. The molecule has 0 unspecified atom stereocenters. The van der Waals surface area contributed by atoms with Crippen LogP contribution in [0.15, 0.2) is 41.4 Å². The van der Waals surface area contributed by atoms with E-state index in [1.54, 1.807) is 25.4 Å². The van der Waals surface area contributed by atoms with Gasteiger partial charge in [-0.1, -0.05) is 6.07 Å². The Balaban J connectivity index is 1.53. The molecule has 1 aromatic carbocycles. The summed E-state index contributed by atoms with van der Waals surface area (Å²) in [7, 11) is -2.04. The van der Waals surface area contributed by atoms with E-state index in [1.165, 1.54) is 11.3 Å². The van der Waals surface area contributed by atoms with E-state index in [4.69, 9.17) is 9.84 Å². The molecule has 0 aliphatic heterocycles. The number of ether oxygens (including phenoxy) is 1. The number of aromatic nitrogens is 3. The lowest BCUT2D eigenvalue weighted by molar-refractivity contribution is 0.408. The number of sulfonamides is 1. The summed E-state index contributed by atoms with van der Waals surface area (Å²) in [6.07, 6.45) is 5.98. The summed E-state index contributed by atoms with van der Waals surface area (Å²) in [6, 6.07) is 9.11. The van der Waals surface area contributed by atoms with E-state index in [-0.39, 0.29) is 11.4 Å². The molecule has 0 saturated carbocycles. The fraction of sp³-hybridized carbons (Fsp3) is 0.391. The van der Waals surface area contributed by atoms with Gasteiger partial charge in [-0.25, -0.2) is 13.1 Å². The van der Waals surface area contributed by atoms with E-state index in [9.17, 15) is 8.42 Å². The maximum Gasteiger partial charge on any atom is 0.240 e. The highest BCUT2D eigenvalue weighted by molar-refractivity contribution is 7.89. The van der Waals surface area contributed by atoms with E-state index in [0.29, 0.717) is 12.3 Å². The standard InChI is InChI=1S/C23H28N4O3S/c1-16-14-18(15-17(2)23(16)30-3)31(28,29)25-12-13-27-21-10-5-4-8-19(21)22(26-27)20-9-6-7-11-24-20/h6-7,9,11,14-15,25H,4-5,8,10,12-13H2,1-3H3. The lowest BCUT2D eigenvalue weighted by Gasteiger charge is -2.15. The predicted molar refractivity (Wildman–Crippen MR) is 120 cm³/mol. The molecule has 3 aromatic rings. The molecule has 164 valence electrons. The van der Waals surface area contributed by atoms with Gasteiger partial charge in [0.25, 0.3) is 0 Å².